The molecule has 2 unspecified atom stereocenters. The van der Waals surface area contributed by atoms with E-state index in [-0.39, 0.29) is 54.1 Å². The summed E-state index contributed by atoms with van der Waals surface area (Å²) >= 11 is 0. The van der Waals surface area contributed by atoms with E-state index in [0.717, 1.165) is 10.5 Å². The molecule has 2 heterocycles. The second-order valence-corrected chi connectivity index (χ2v) is 9.83. The average molecular weight is 573 g/mol. The number of carboxylic acid groups (broad SMARTS) is 1. The van der Waals surface area contributed by atoms with Gasteiger partial charge in [0.2, 0.25) is 0 Å². The number of benzene rings is 2. The quantitative estimate of drug-likeness (QED) is 0.173. The summed E-state index contributed by atoms with van der Waals surface area (Å²) in [7, 11) is 0. The number of furan rings is 1. The normalized spacial score (nSPS) is 15.8. The highest BCUT2D eigenvalue weighted by Crippen LogP contribution is 2.34. The Labute approximate surface area is 239 Å². The molecule has 4 N–H and O–H groups in total. The van der Waals surface area contributed by atoms with Crippen molar-refractivity contribution >= 4 is 34.8 Å². The Bertz CT molecular complexity index is 1690. The predicted octanol–water partition coefficient (Wildman–Crippen LogP) is 2.94. The SMILES string of the molecule is CCC(Nc1c(Nc2cccc(C(=O)N3CCN(C(=O)c4ccco4)CC3C(=O)O)c2O)c(=O)c1=O)c1ccccc1. The molecule has 2 amide bonds. The van der Waals surface area contributed by atoms with Crippen LogP contribution < -0.4 is 21.5 Å². The Hall–Kier alpha value is -5.39. The molecule has 1 aromatic heterocycles. The minimum Gasteiger partial charge on any atom is -0.505 e. The van der Waals surface area contributed by atoms with Crippen molar-refractivity contribution < 1.29 is 29.0 Å². The lowest BCUT2D eigenvalue weighted by atomic mass is 10.0. The second-order valence-electron chi connectivity index (χ2n) is 9.83. The first-order chi connectivity index (χ1) is 20.2. The third-order valence-corrected chi connectivity index (χ3v) is 7.31. The lowest BCUT2D eigenvalue weighted by Gasteiger charge is -2.39. The van der Waals surface area contributed by atoms with E-state index in [0.29, 0.717) is 6.42 Å². The fourth-order valence-corrected chi connectivity index (χ4v) is 5.01. The molecule has 1 aliphatic heterocycles. The zero-order valence-electron chi connectivity index (χ0n) is 22.6. The molecule has 0 saturated carbocycles. The molecule has 0 spiro atoms. The zero-order chi connectivity index (χ0) is 30.0. The monoisotopic (exact) mass is 572 g/mol. The van der Waals surface area contributed by atoms with E-state index in [1.54, 1.807) is 6.07 Å². The molecule has 216 valence electrons. The van der Waals surface area contributed by atoms with E-state index >= 15 is 0 Å². The highest BCUT2D eigenvalue weighted by atomic mass is 16.4. The van der Waals surface area contributed by atoms with Crippen molar-refractivity contribution in [3.05, 3.63) is 104 Å². The zero-order valence-corrected chi connectivity index (χ0v) is 22.6. The van der Waals surface area contributed by atoms with Gasteiger partial charge in [0.15, 0.2) is 11.5 Å². The molecule has 0 radical (unpaired) electrons. The van der Waals surface area contributed by atoms with Gasteiger partial charge >= 0.3 is 5.97 Å². The Balaban J connectivity index is 1.36. The second kappa shape index (κ2) is 11.6. The number of rotatable bonds is 9. The van der Waals surface area contributed by atoms with E-state index in [1.807, 2.05) is 37.3 Å². The predicted molar refractivity (Wildman–Crippen MR) is 153 cm³/mol. The molecular weight excluding hydrogens is 544 g/mol. The highest BCUT2D eigenvalue weighted by Gasteiger charge is 2.39. The van der Waals surface area contributed by atoms with E-state index in [2.05, 4.69) is 10.6 Å². The summed E-state index contributed by atoms with van der Waals surface area (Å²) in [4.78, 5) is 65.6. The number of piperazine rings is 1. The number of aliphatic carboxylic acids is 1. The third-order valence-electron chi connectivity index (χ3n) is 7.31. The number of carbonyl (C=O) groups is 3. The van der Waals surface area contributed by atoms with Crippen molar-refractivity contribution in [2.75, 3.05) is 30.3 Å². The van der Waals surface area contributed by atoms with Crippen LogP contribution in [0.4, 0.5) is 17.1 Å². The van der Waals surface area contributed by atoms with E-state index < -0.39 is 40.4 Å². The van der Waals surface area contributed by atoms with Gasteiger partial charge in [0.05, 0.1) is 30.1 Å². The Morgan fingerprint density at radius 3 is 2.36 bits per heavy atom. The number of anilines is 3. The number of carboxylic acids is 1. The average Bonchev–Trinajstić information content (AvgIpc) is 3.56. The molecule has 3 aromatic carbocycles. The van der Waals surface area contributed by atoms with Crippen LogP contribution in [0, 0.1) is 0 Å². The molecular formula is C30H28N4O8. The number of nitrogens with zero attached hydrogens (tertiary/aromatic N) is 2. The van der Waals surface area contributed by atoms with E-state index in [4.69, 9.17) is 4.42 Å². The molecule has 1 saturated heterocycles. The third kappa shape index (κ3) is 5.21. The smallest absolute Gasteiger partial charge is 0.328 e. The van der Waals surface area contributed by atoms with Crippen LogP contribution in [0.25, 0.3) is 0 Å². The highest BCUT2D eigenvalue weighted by molar-refractivity contribution is 6.01. The number of hydrogen-bond donors (Lipinski definition) is 4. The van der Waals surface area contributed by atoms with Crippen LogP contribution >= 0.6 is 0 Å². The summed E-state index contributed by atoms with van der Waals surface area (Å²) in [6, 6.07) is 15.0. The largest absolute Gasteiger partial charge is 0.505 e. The minimum absolute atomic E-state index is 0.0118. The topological polar surface area (TPSA) is 169 Å². The summed E-state index contributed by atoms with van der Waals surface area (Å²) in [5.41, 5.74) is -0.765. The number of aromatic hydroxyl groups is 1. The lowest BCUT2D eigenvalue weighted by Crippen LogP contribution is -2.59. The minimum atomic E-state index is -1.38. The van der Waals surface area contributed by atoms with Gasteiger partial charge in [-0.25, -0.2) is 4.79 Å². The fraction of sp³-hybridized carbons (Fsp3) is 0.233. The fourth-order valence-electron chi connectivity index (χ4n) is 5.01. The van der Waals surface area contributed by atoms with Gasteiger partial charge in [-0.15, -0.1) is 0 Å². The Morgan fingerprint density at radius 2 is 1.69 bits per heavy atom. The van der Waals surface area contributed by atoms with Gasteiger partial charge in [-0.1, -0.05) is 43.3 Å². The van der Waals surface area contributed by atoms with Crippen LogP contribution in [0.3, 0.4) is 0 Å². The number of amides is 2. The van der Waals surface area contributed by atoms with Gasteiger partial charge in [-0.3, -0.25) is 19.2 Å². The first-order valence-electron chi connectivity index (χ1n) is 13.3. The van der Waals surface area contributed by atoms with Crippen molar-refractivity contribution in [1.82, 2.24) is 9.80 Å². The van der Waals surface area contributed by atoms with Crippen molar-refractivity contribution in [3.63, 3.8) is 0 Å². The molecule has 4 aromatic rings. The van der Waals surface area contributed by atoms with Gasteiger partial charge in [0.1, 0.15) is 17.4 Å². The summed E-state index contributed by atoms with van der Waals surface area (Å²) in [6.07, 6.45) is 1.96. The van der Waals surface area contributed by atoms with Crippen LogP contribution in [0.5, 0.6) is 5.75 Å². The van der Waals surface area contributed by atoms with Gasteiger partial charge in [0, 0.05) is 13.1 Å². The van der Waals surface area contributed by atoms with Crippen LogP contribution in [-0.2, 0) is 4.79 Å². The number of hydrogen-bond acceptors (Lipinski definition) is 9. The van der Waals surface area contributed by atoms with Gasteiger partial charge in [-0.05, 0) is 36.2 Å². The molecule has 0 bridgehead atoms. The summed E-state index contributed by atoms with van der Waals surface area (Å²) < 4.78 is 5.12. The molecule has 5 rings (SSSR count). The number of phenols is 1. The number of para-hydroxylation sites is 1. The van der Waals surface area contributed by atoms with Gasteiger partial charge in [-0.2, -0.15) is 0 Å². The standard InChI is InChI=1S/C30H28N4O8/c1-2-19(17-8-4-3-5-9-17)31-23-24(27(37)26(23)36)32-20-11-6-10-18(25(20)35)28(38)34-14-13-33(16-21(34)30(40)41)29(39)22-12-7-15-42-22/h3-12,15,19,21,31-32,35H,2,13-14,16H2,1H3,(H,40,41). The number of phenolic OH excluding ortho intramolecular Hbond substituents is 1. The van der Waals surface area contributed by atoms with Crippen molar-refractivity contribution in [2.24, 2.45) is 0 Å². The molecule has 12 nitrogen and oxygen atoms in total. The summed E-state index contributed by atoms with van der Waals surface area (Å²) in [6.45, 7) is 1.59. The molecule has 0 aliphatic carbocycles. The Kier molecular flexibility index (Phi) is 7.78. The van der Waals surface area contributed by atoms with Crippen LogP contribution in [0.1, 0.15) is 45.9 Å². The van der Waals surface area contributed by atoms with Crippen molar-refractivity contribution in [3.8, 4) is 5.75 Å². The number of carbonyl (C=O) groups excluding carboxylic acids is 2. The first kappa shape index (κ1) is 28.1. The lowest BCUT2D eigenvalue weighted by molar-refractivity contribution is -0.144. The van der Waals surface area contributed by atoms with E-state index in [1.165, 1.54) is 35.4 Å². The molecule has 1 fully saturated rings. The van der Waals surface area contributed by atoms with E-state index in [9.17, 15) is 34.2 Å². The Morgan fingerprint density at radius 1 is 0.952 bits per heavy atom. The maximum Gasteiger partial charge on any atom is 0.328 e. The summed E-state index contributed by atoms with van der Waals surface area (Å²) in [5.74, 6) is -3.06. The van der Waals surface area contributed by atoms with Crippen molar-refractivity contribution in [2.45, 2.75) is 25.4 Å². The van der Waals surface area contributed by atoms with Gasteiger partial charge < -0.3 is 35.1 Å². The molecule has 12 heteroatoms. The van der Waals surface area contributed by atoms with Crippen LogP contribution in [0.15, 0.2) is 80.9 Å². The first-order valence-corrected chi connectivity index (χ1v) is 13.3. The molecule has 1 aliphatic rings. The van der Waals surface area contributed by atoms with Crippen LogP contribution in [0.2, 0.25) is 0 Å². The van der Waals surface area contributed by atoms with Crippen molar-refractivity contribution in [1.29, 1.82) is 0 Å². The maximum atomic E-state index is 13.5. The van der Waals surface area contributed by atoms with Gasteiger partial charge in [0.25, 0.3) is 22.7 Å². The van der Waals surface area contributed by atoms with Crippen LogP contribution in [-0.4, -0.2) is 63.5 Å². The molecule has 42 heavy (non-hydrogen) atoms. The summed E-state index contributed by atoms with van der Waals surface area (Å²) in [5, 5.41) is 26.8. The maximum absolute atomic E-state index is 13.5. The molecule has 2 atom stereocenters. The number of nitrogens with one attached hydrogen (secondary N) is 2.